The van der Waals surface area contributed by atoms with Crippen LogP contribution in [0, 0.1) is 5.92 Å². The van der Waals surface area contributed by atoms with Crippen LogP contribution in [0.15, 0.2) is 12.3 Å². The maximum Gasteiger partial charge on any atom is 0.222 e. The van der Waals surface area contributed by atoms with Gasteiger partial charge in [0.15, 0.2) is 0 Å². The Morgan fingerprint density at radius 3 is 2.83 bits per heavy atom. The molecule has 3 aliphatic rings. The van der Waals surface area contributed by atoms with Crippen molar-refractivity contribution >= 4 is 5.91 Å². The summed E-state index contributed by atoms with van der Waals surface area (Å²) in [6.45, 7) is 6.62. The quantitative estimate of drug-likeness (QED) is 0.839. The van der Waals surface area contributed by atoms with Gasteiger partial charge in [0.1, 0.15) is 0 Å². The number of aryl methyl sites for hydroxylation is 1. The number of amides is 1. The van der Waals surface area contributed by atoms with Crippen LogP contribution in [0.25, 0.3) is 0 Å². The smallest absolute Gasteiger partial charge is 0.222 e. The van der Waals surface area contributed by atoms with E-state index < -0.39 is 0 Å². The Hall–Kier alpha value is -1.40. The molecule has 0 N–H and O–H groups in total. The van der Waals surface area contributed by atoms with Crippen LogP contribution < -0.4 is 0 Å². The first kappa shape index (κ1) is 16.1. The van der Waals surface area contributed by atoms with Crippen molar-refractivity contribution in [3.05, 3.63) is 18.0 Å². The number of nitrogens with zero attached hydrogens (tertiary/aromatic N) is 4. The highest BCUT2D eigenvalue weighted by Crippen LogP contribution is 2.24. The van der Waals surface area contributed by atoms with Crippen LogP contribution in [0.2, 0.25) is 0 Å². The van der Waals surface area contributed by atoms with E-state index in [1.165, 1.54) is 5.69 Å². The second-order valence-corrected chi connectivity index (χ2v) is 7.42. The molecule has 6 nitrogen and oxygen atoms in total. The second kappa shape index (κ2) is 7.23. The molecule has 0 saturated carbocycles. The van der Waals surface area contributed by atoms with E-state index in [2.05, 4.69) is 25.6 Å². The predicted octanol–water partition coefficient (Wildman–Crippen LogP) is 1.51. The predicted molar refractivity (Wildman–Crippen MR) is 90.4 cm³/mol. The molecule has 1 aromatic heterocycles. The first-order valence-electron chi connectivity index (χ1n) is 9.40. The molecule has 4 rings (SSSR count). The van der Waals surface area contributed by atoms with Crippen LogP contribution in [-0.4, -0.2) is 64.4 Å². The third-order valence-corrected chi connectivity index (χ3v) is 5.80. The van der Waals surface area contributed by atoms with Gasteiger partial charge in [0.05, 0.1) is 5.69 Å². The summed E-state index contributed by atoms with van der Waals surface area (Å²) in [5.41, 5.74) is 1.30. The number of carbonyl (C=O) groups excluding carboxylic acids is 1. The third-order valence-electron chi connectivity index (χ3n) is 5.80. The highest BCUT2D eigenvalue weighted by atomic mass is 16.5. The zero-order valence-corrected chi connectivity index (χ0v) is 14.4. The van der Waals surface area contributed by atoms with Gasteiger partial charge in [0.2, 0.25) is 5.91 Å². The van der Waals surface area contributed by atoms with Crippen LogP contribution >= 0.6 is 0 Å². The standard InChI is InChI=1S/C18H28N4O2/c23-18-2-1-8-20(18)13-16-4-9-22-17(3-7-19-22)14-21(16)12-15-5-10-24-11-6-15/h3,7,15-16H,1-2,4-6,8-14H2. The summed E-state index contributed by atoms with van der Waals surface area (Å²) in [5, 5.41) is 4.47. The Kier molecular flexibility index (Phi) is 4.85. The summed E-state index contributed by atoms with van der Waals surface area (Å²) in [4.78, 5) is 16.8. The number of rotatable bonds is 4. The summed E-state index contributed by atoms with van der Waals surface area (Å²) in [6, 6.07) is 2.58. The Bertz CT molecular complexity index is 567. The molecule has 24 heavy (non-hydrogen) atoms. The van der Waals surface area contributed by atoms with Gasteiger partial charge in [0, 0.05) is 64.6 Å². The molecule has 0 radical (unpaired) electrons. The number of carbonyl (C=O) groups is 1. The van der Waals surface area contributed by atoms with Gasteiger partial charge >= 0.3 is 0 Å². The average molecular weight is 332 g/mol. The SMILES string of the molecule is O=C1CCCN1CC1CCn2nccc2CN1CC1CCOCC1. The first-order valence-corrected chi connectivity index (χ1v) is 9.40. The molecule has 1 amide bonds. The summed E-state index contributed by atoms with van der Waals surface area (Å²) in [7, 11) is 0. The van der Waals surface area contributed by atoms with Crippen LogP contribution in [-0.2, 0) is 22.6 Å². The van der Waals surface area contributed by atoms with Gasteiger partial charge < -0.3 is 9.64 Å². The summed E-state index contributed by atoms with van der Waals surface area (Å²) in [6.07, 6.45) is 7.05. The highest BCUT2D eigenvalue weighted by Gasteiger charge is 2.31. The highest BCUT2D eigenvalue weighted by molar-refractivity contribution is 5.78. The summed E-state index contributed by atoms with van der Waals surface area (Å²) in [5.74, 6) is 1.05. The van der Waals surface area contributed by atoms with E-state index in [0.29, 0.717) is 17.9 Å². The zero-order chi connectivity index (χ0) is 16.4. The lowest BCUT2D eigenvalue weighted by Crippen LogP contribution is -2.46. The molecule has 0 aliphatic carbocycles. The zero-order valence-electron chi connectivity index (χ0n) is 14.4. The van der Waals surface area contributed by atoms with E-state index in [4.69, 9.17) is 4.74 Å². The van der Waals surface area contributed by atoms with Crippen molar-refractivity contribution in [2.24, 2.45) is 5.92 Å². The van der Waals surface area contributed by atoms with E-state index in [1.54, 1.807) is 0 Å². The second-order valence-electron chi connectivity index (χ2n) is 7.42. The molecule has 2 saturated heterocycles. The minimum absolute atomic E-state index is 0.336. The van der Waals surface area contributed by atoms with Crippen molar-refractivity contribution < 1.29 is 9.53 Å². The van der Waals surface area contributed by atoms with E-state index >= 15 is 0 Å². The van der Waals surface area contributed by atoms with Gasteiger partial charge in [0.25, 0.3) is 0 Å². The van der Waals surface area contributed by atoms with Gasteiger partial charge in [-0.2, -0.15) is 5.10 Å². The fraction of sp³-hybridized carbons (Fsp3) is 0.778. The molecule has 3 aliphatic heterocycles. The van der Waals surface area contributed by atoms with Crippen molar-refractivity contribution in [3.63, 3.8) is 0 Å². The van der Waals surface area contributed by atoms with Crippen molar-refractivity contribution in [2.75, 3.05) is 32.8 Å². The van der Waals surface area contributed by atoms with E-state index in [1.807, 2.05) is 6.20 Å². The van der Waals surface area contributed by atoms with Crippen LogP contribution in [0.3, 0.4) is 0 Å². The van der Waals surface area contributed by atoms with E-state index in [9.17, 15) is 4.79 Å². The van der Waals surface area contributed by atoms with Crippen LogP contribution in [0.5, 0.6) is 0 Å². The Morgan fingerprint density at radius 2 is 2.04 bits per heavy atom. The van der Waals surface area contributed by atoms with Gasteiger partial charge in [-0.15, -0.1) is 0 Å². The monoisotopic (exact) mass is 332 g/mol. The molecule has 4 heterocycles. The van der Waals surface area contributed by atoms with Crippen molar-refractivity contribution in [1.29, 1.82) is 0 Å². The fourth-order valence-electron chi connectivity index (χ4n) is 4.32. The third kappa shape index (κ3) is 3.49. The van der Waals surface area contributed by atoms with Gasteiger partial charge in [-0.25, -0.2) is 0 Å². The van der Waals surface area contributed by atoms with Gasteiger partial charge in [-0.05, 0) is 37.7 Å². The number of likely N-dealkylation sites (tertiary alicyclic amines) is 1. The number of aromatic nitrogens is 2. The molecule has 132 valence electrons. The minimum Gasteiger partial charge on any atom is -0.381 e. The maximum absolute atomic E-state index is 12.1. The number of hydrogen-bond acceptors (Lipinski definition) is 4. The summed E-state index contributed by atoms with van der Waals surface area (Å²) >= 11 is 0. The van der Waals surface area contributed by atoms with Crippen molar-refractivity contribution in [2.45, 2.75) is 51.2 Å². The molecule has 0 spiro atoms. The summed E-state index contributed by atoms with van der Waals surface area (Å²) < 4.78 is 7.66. The van der Waals surface area contributed by atoms with E-state index in [-0.39, 0.29) is 0 Å². The molecular formula is C18H28N4O2. The van der Waals surface area contributed by atoms with Crippen molar-refractivity contribution in [1.82, 2.24) is 19.6 Å². The number of hydrogen-bond donors (Lipinski definition) is 0. The lowest BCUT2D eigenvalue weighted by atomic mass is 9.98. The molecule has 1 atom stereocenters. The normalized spacial score (nSPS) is 26.6. The Labute approximate surface area is 143 Å². The number of ether oxygens (including phenoxy) is 1. The van der Waals surface area contributed by atoms with Crippen LogP contribution in [0.4, 0.5) is 0 Å². The van der Waals surface area contributed by atoms with Gasteiger partial charge in [-0.3, -0.25) is 14.4 Å². The maximum atomic E-state index is 12.1. The topological polar surface area (TPSA) is 50.6 Å². The molecule has 1 aromatic rings. The van der Waals surface area contributed by atoms with E-state index in [0.717, 1.165) is 78.0 Å². The largest absolute Gasteiger partial charge is 0.381 e. The molecule has 1 unspecified atom stereocenters. The molecule has 0 aromatic carbocycles. The Balaban J connectivity index is 1.48. The average Bonchev–Trinajstić information content (AvgIpc) is 3.17. The molecule has 0 bridgehead atoms. The Morgan fingerprint density at radius 1 is 1.17 bits per heavy atom. The fourth-order valence-corrected chi connectivity index (χ4v) is 4.32. The first-order chi connectivity index (χ1) is 11.8. The lowest BCUT2D eigenvalue weighted by Gasteiger charge is -2.36. The van der Waals surface area contributed by atoms with Crippen LogP contribution in [0.1, 0.15) is 37.8 Å². The number of fused-ring (bicyclic) bond motifs is 1. The molecular weight excluding hydrogens is 304 g/mol. The molecule has 2 fully saturated rings. The lowest BCUT2D eigenvalue weighted by molar-refractivity contribution is -0.128. The minimum atomic E-state index is 0.336. The molecule has 6 heteroatoms. The van der Waals surface area contributed by atoms with Crippen molar-refractivity contribution in [3.8, 4) is 0 Å². The van der Waals surface area contributed by atoms with Gasteiger partial charge in [-0.1, -0.05) is 0 Å².